The summed E-state index contributed by atoms with van der Waals surface area (Å²) in [6, 6.07) is 2.40. The Morgan fingerprint density at radius 2 is 2.05 bits per heavy atom. The van der Waals surface area contributed by atoms with Crippen molar-refractivity contribution in [3.63, 3.8) is 0 Å². The molecule has 3 rings (SSSR count). The van der Waals surface area contributed by atoms with Gasteiger partial charge in [0.15, 0.2) is 0 Å². The third-order valence-corrected chi connectivity index (χ3v) is 7.11. The number of rotatable bonds is 2. The fourth-order valence-corrected chi connectivity index (χ4v) is 4.78. The Hall–Kier alpha value is 0.0500. The van der Waals surface area contributed by atoms with Crippen LogP contribution < -0.4 is 0 Å². The van der Waals surface area contributed by atoms with Gasteiger partial charge in [-0.25, -0.2) is 0 Å². The molecular weight excluding hydrogens is 408 g/mol. The molecule has 1 atom stereocenters. The molecule has 1 amide bonds. The minimum absolute atomic E-state index is 0.150. The molecule has 1 aromatic heterocycles. The summed E-state index contributed by atoms with van der Waals surface area (Å²) in [5, 5.41) is 0. The van der Waals surface area contributed by atoms with Crippen molar-refractivity contribution in [2.45, 2.75) is 12.5 Å². The first-order valence-electron chi connectivity index (χ1n) is 6.71. The van der Waals surface area contributed by atoms with Gasteiger partial charge in [0.25, 0.3) is 5.91 Å². The van der Waals surface area contributed by atoms with E-state index in [0.29, 0.717) is 6.04 Å². The maximum Gasteiger partial charge on any atom is 0.264 e. The number of halogens is 2. The summed E-state index contributed by atoms with van der Waals surface area (Å²) < 4.78 is 7.32. The molecule has 3 heterocycles. The number of nitrogens with zero attached hydrogens (tertiary/aromatic N) is 2. The molecule has 2 saturated heterocycles. The highest BCUT2D eigenvalue weighted by Gasteiger charge is 2.32. The van der Waals surface area contributed by atoms with E-state index >= 15 is 0 Å². The molecule has 0 spiro atoms. The van der Waals surface area contributed by atoms with Gasteiger partial charge in [0.05, 0.1) is 21.9 Å². The van der Waals surface area contributed by atoms with Gasteiger partial charge in [0, 0.05) is 36.7 Å². The van der Waals surface area contributed by atoms with E-state index in [1.807, 2.05) is 11.0 Å². The lowest BCUT2D eigenvalue weighted by Gasteiger charge is -2.32. The standard InChI is InChI=1S/C13H16Br2N2O2S/c14-10-7-11(20-12(10)15)13(18)17-2-1-9(8-17)16-3-5-19-6-4-16/h7,9H,1-6,8H2. The number of hydrogen-bond acceptors (Lipinski definition) is 4. The summed E-state index contributed by atoms with van der Waals surface area (Å²) in [6.45, 7) is 5.30. The van der Waals surface area contributed by atoms with E-state index < -0.39 is 0 Å². The van der Waals surface area contributed by atoms with E-state index in [2.05, 4.69) is 36.8 Å². The van der Waals surface area contributed by atoms with Crippen LogP contribution in [0.5, 0.6) is 0 Å². The number of ether oxygens (including phenoxy) is 1. The highest BCUT2D eigenvalue weighted by molar-refractivity contribution is 9.13. The summed E-state index contributed by atoms with van der Waals surface area (Å²) in [5.41, 5.74) is 0. The maximum absolute atomic E-state index is 12.5. The average Bonchev–Trinajstić information content (AvgIpc) is 3.07. The predicted molar refractivity (Wildman–Crippen MR) is 86.4 cm³/mol. The van der Waals surface area contributed by atoms with Crippen LogP contribution in [0.2, 0.25) is 0 Å². The van der Waals surface area contributed by atoms with Crippen molar-refractivity contribution in [3.8, 4) is 0 Å². The van der Waals surface area contributed by atoms with Crippen molar-refractivity contribution in [1.82, 2.24) is 9.80 Å². The van der Waals surface area contributed by atoms with Crippen molar-refractivity contribution in [3.05, 3.63) is 19.2 Å². The molecule has 0 bridgehead atoms. The molecule has 2 aliphatic rings. The summed E-state index contributed by atoms with van der Waals surface area (Å²) in [4.78, 5) is 17.7. The molecule has 0 aromatic carbocycles. The second kappa shape index (κ2) is 6.44. The smallest absolute Gasteiger partial charge is 0.264 e. The molecule has 2 aliphatic heterocycles. The number of amides is 1. The Morgan fingerprint density at radius 3 is 2.70 bits per heavy atom. The first kappa shape index (κ1) is 15.0. The lowest BCUT2D eigenvalue weighted by atomic mass is 10.2. The van der Waals surface area contributed by atoms with Gasteiger partial charge >= 0.3 is 0 Å². The van der Waals surface area contributed by atoms with Crippen LogP contribution in [0.1, 0.15) is 16.1 Å². The zero-order valence-electron chi connectivity index (χ0n) is 11.0. The van der Waals surface area contributed by atoms with Crippen molar-refractivity contribution in [2.75, 3.05) is 39.4 Å². The Morgan fingerprint density at radius 1 is 1.30 bits per heavy atom. The third kappa shape index (κ3) is 3.11. The summed E-state index contributed by atoms with van der Waals surface area (Å²) >= 11 is 8.38. The van der Waals surface area contributed by atoms with Gasteiger partial charge < -0.3 is 9.64 Å². The lowest BCUT2D eigenvalue weighted by molar-refractivity contribution is 0.0185. The van der Waals surface area contributed by atoms with Gasteiger partial charge in [0.1, 0.15) is 0 Å². The van der Waals surface area contributed by atoms with Gasteiger partial charge in [-0.3, -0.25) is 9.69 Å². The number of morpholine rings is 1. The van der Waals surface area contributed by atoms with Crippen molar-refractivity contribution in [2.24, 2.45) is 0 Å². The van der Waals surface area contributed by atoms with Crippen LogP contribution in [0.15, 0.2) is 14.3 Å². The second-order valence-electron chi connectivity index (χ2n) is 5.07. The summed E-state index contributed by atoms with van der Waals surface area (Å²) in [6.07, 6.45) is 1.07. The minimum atomic E-state index is 0.150. The Labute approximate surface area is 139 Å². The van der Waals surface area contributed by atoms with Crippen LogP contribution in [0.25, 0.3) is 0 Å². The van der Waals surface area contributed by atoms with E-state index in [1.54, 1.807) is 0 Å². The zero-order valence-corrected chi connectivity index (χ0v) is 15.0. The molecule has 0 radical (unpaired) electrons. The van der Waals surface area contributed by atoms with E-state index in [1.165, 1.54) is 11.3 Å². The average molecular weight is 424 g/mol. The Bertz CT molecular complexity index is 483. The van der Waals surface area contributed by atoms with Gasteiger partial charge in [-0.15, -0.1) is 11.3 Å². The Kier molecular flexibility index (Phi) is 4.82. The molecule has 110 valence electrons. The first-order valence-corrected chi connectivity index (χ1v) is 9.11. The van der Waals surface area contributed by atoms with Crippen molar-refractivity contribution >= 4 is 49.1 Å². The van der Waals surface area contributed by atoms with Gasteiger partial charge in [-0.05, 0) is 44.3 Å². The topological polar surface area (TPSA) is 32.8 Å². The number of hydrogen-bond donors (Lipinski definition) is 0. The lowest BCUT2D eigenvalue weighted by Crippen LogP contribution is -2.45. The first-order chi connectivity index (χ1) is 9.65. The van der Waals surface area contributed by atoms with Crippen molar-refractivity contribution in [1.29, 1.82) is 0 Å². The monoisotopic (exact) mass is 422 g/mol. The molecule has 0 aliphatic carbocycles. The van der Waals surface area contributed by atoms with Crippen LogP contribution in [0, 0.1) is 0 Å². The predicted octanol–water partition coefficient (Wildman–Crippen LogP) is 2.82. The van der Waals surface area contributed by atoms with E-state index in [-0.39, 0.29) is 5.91 Å². The molecule has 0 N–H and O–H groups in total. The number of thiophene rings is 1. The number of carbonyl (C=O) groups excluding carboxylic acids is 1. The highest BCUT2D eigenvalue weighted by atomic mass is 79.9. The summed E-state index contributed by atoms with van der Waals surface area (Å²) in [5.74, 6) is 0.150. The SMILES string of the molecule is O=C(c1cc(Br)c(Br)s1)N1CCC(N2CCOCC2)C1. The molecule has 1 unspecified atom stereocenters. The molecule has 1 aromatic rings. The van der Waals surface area contributed by atoms with Crippen LogP contribution in [-0.2, 0) is 4.74 Å². The molecular formula is C13H16Br2N2O2S. The van der Waals surface area contributed by atoms with Crippen LogP contribution in [0.4, 0.5) is 0 Å². The van der Waals surface area contributed by atoms with E-state index in [4.69, 9.17) is 4.74 Å². The van der Waals surface area contributed by atoms with Gasteiger partial charge in [-0.2, -0.15) is 0 Å². The number of likely N-dealkylation sites (tertiary alicyclic amines) is 1. The normalized spacial score (nSPS) is 24.3. The molecule has 2 fully saturated rings. The van der Waals surface area contributed by atoms with Crippen molar-refractivity contribution < 1.29 is 9.53 Å². The molecule has 0 saturated carbocycles. The van der Waals surface area contributed by atoms with Crippen LogP contribution >= 0.6 is 43.2 Å². The highest BCUT2D eigenvalue weighted by Crippen LogP contribution is 2.33. The molecule has 7 heteroatoms. The fourth-order valence-electron chi connectivity index (χ4n) is 2.77. The van der Waals surface area contributed by atoms with Crippen LogP contribution in [-0.4, -0.2) is 61.1 Å². The quantitative estimate of drug-likeness (QED) is 0.733. The zero-order chi connectivity index (χ0) is 14.1. The van der Waals surface area contributed by atoms with Gasteiger partial charge in [0.2, 0.25) is 0 Å². The number of carbonyl (C=O) groups is 1. The van der Waals surface area contributed by atoms with E-state index in [0.717, 1.165) is 58.9 Å². The molecule has 4 nitrogen and oxygen atoms in total. The van der Waals surface area contributed by atoms with Gasteiger partial charge in [-0.1, -0.05) is 0 Å². The summed E-state index contributed by atoms with van der Waals surface area (Å²) in [7, 11) is 0. The van der Waals surface area contributed by atoms with E-state index in [9.17, 15) is 4.79 Å². The second-order valence-corrected chi connectivity index (χ2v) is 8.30. The van der Waals surface area contributed by atoms with Crippen LogP contribution in [0.3, 0.4) is 0 Å². The Balaban J connectivity index is 1.63. The molecule has 20 heavy (non-hydrogen) atoms. The maximum atomic E-state index is 12.5. The third-order valence-electron chi connectivity index (χ3n) is 3.87. The fraction of sp³-hybridized carbons (Fsp3) is 0.615. The minimum Gasteiger partial charge on any atom is -0.379 e. The largest absolute Gasteiger partial charge is 0.379 e.